The van der Waals surface area contributed by atoms with Crippen molar-refractivity contribution in [2.45, 2.75) is 20.3 Å². The molecule has 1 N–H and O–H groups in total. The van der Waals surface area contributed by atoms with Crippen molar-refractivity contribution in [1.82, 2.24) is 5.32 Å². The van der Waals surface area contributed by atoms with Crippen LogP contribution in [0.3, 0.4) is 0 Å². The highest BCUT2D eigenvalue weighted by molar-refractivity contribution is 5.08. The van der Waals surface area contributed by atoms with E-state index in [0.717, 1.165) is 12.5 Å². The average molecular weight is 125 g/mol. The number of nitrogens with one attached hydrogen (secondary N) is 1. The van der Waals surface area contributed by atoms with Gasteiger partial charge >= 0.3 is 0 Å². The van der Waals surface area contributed by atoms with Gasteiger partial charge in [0.1, 0.15) is 0 Å². The van der Waals surface area contributed by atoms with Gasteiger partial charge in [0.15, 0.2) is 0 Å². The molecule has 0 aromatic rings. The molecule has 9 heavy (non-hydrogen) atoms. The Morgan fingerprint density at radius 1 is 1.56 bits per heavy atom. The molecule has 0 bridgehead atoms. The zero-order valence-electron chi connectivity index (χ0n) is 6.28. The first-order valence-corrected chi connectivity index (χ1v) is 3.70. The Kier molecular flexibility index (Phi) is 2.29. The van der Waals surface area contributed by atoms with Crippen LogP contribution >= 0.6 is 0 Å². The van der Waals surface area contributed by atoms with Crippen molar-refractivity contribution in [1.29, 1.82) is 0 Å². The Balaban J connectivity index is 2.46. The van der Waals surface area contributed by atoms with Crippen molar-refractivity contribution in [3.63, 3.8) is 0 Å². The summed E-state index contributed by atoms with van der Waals surface area (Å²) in [5.41, 5.74) is 1.62. The minimum Gasteiger partial charge on any atom is -0.313 e. The predicted molar refractivity (Wildman–Crippen MR) is 40.4 cm³/mol. The molecule has 0 spiro atoms. The van der Waals surface area contributed by atoms with Crippen LogP contribution in [0.1, 0.15) is 20.3 Å². The summed E-state index contributed by atoms with van der Waals surface area (Å²) in [5, 5.41) is 3.29. The van der Waals surface area contributed by atoms with Crippen molar-refractivity contribution in [2.75, 3.05) is 13.1 Å². The molecule has 1 rings (SSSR count). The Morgan fingerprint density at radius 2 is 2.33 bits per heavy atom. The fourth-order valence-electron chi connectivity index (χ4n) is 1.16. The summed E-state index contributed by atoms with van der Waals surface area (Å²) in [6.45, 7) is 6.77. The summed E-state index contributed by atoms with van der Waals surface area (Å²) in [6.07, 6.45) is 3.56. The Bertz CT molecular complexity index is 114. The largest absolute Gasteiger partial charge is 0.313 e. The highest BCUT2D eigenvalue weighted by Crippen LogP contribution is 2.14. The van der Waals surface area contributed by atoms with E-state index in [1.807, 2.05) is 0 Å². The third-order valence-electron chi connectivity index (χ3n) is 1.84. The van der Waals surface area contributed by atoms with Gasteiger partial charge in [0.2, 0.25) is 0 Å². The number of hydrogen-bond donors (Lipinski definition) is 1. The molecule has 1 heterocycles. The van der Waals surface area contributed by atoms with E-state index in [1.54, 1.807) is 5.57 Å². The van der Waals surface area contributed by atoms with Crippen molar-refractivity contribution < 1.29 is 0 Å². The first kappa shape index (κ1) is 6.81. The molecule has 0 atom stereocenters. The van der Waals surface area contributed by atoms with Gasteiger partial charge in [0.05, 0.1) is 0 Å². The molecule has 1 nitrogen and oxygen atoms in total. The van der Waals surface area contributed by atoms with E-state index in [0.29, 0.717) is 0 Å². The van der Waals surface area contributed by atoms with Crippen LogP contribution in [-0.4, -0.2) is 13.1 Å². The molecule has 0 aromatic carbocycles. The smallest absolute Gasteiger partial charge is 0.0137 e. The first-order chi connectivity index (χ1) is 4.30. The topological polar surface area (TPSA) is 12.0 Å². The van der Waals surface area contributed by atoms with E-state index in [1.165, 1.54) is 13.0 Å². The summed E-state index contributed by atoms with van der Waals surface area (Å²) >= 11 is 0. The monoisotopic (exact) mass is 125 g/mol. The summed E-state index contributed by atoms with van der Waals surface area (Å²) < 4.78 is 0. The SMILES string of the molecule is CC(C)C1=CCNCC1. The molecule has 0 aromatic heterocycles. The van der Waals surface area contributed by atoms with Crippen LogP contribution in [0.2, 0.25) is 0 Å². The average Bonchev–Trinajstić information content (AvgIpc) is 1.90. The summed E-state index contributed by atoms with van der Waals surface area (Å²) in [4.78, 5) is 0. The summed E-state index contributed by atoms with van der Waals surface area (Å²) in [7, 11) is 0. The first-order valence-electron chi connectivity index (χ1n) is 3.70. The van der Waals surface area contributed by atoms with Crippen molar-refractivity contribution >= 4 is 0 Å². The lowest BCUT2D eigenvalue weighted by molar-refractivity contribution is 0.627. The van der Waals surface area contributed by atoms with Gasteiger partial charge in [0, 0.05) is 6.54 Å². The van der Waals surface area contributed by atoms with E-state index in [-0.39, 0.29) is 0 Å². The van der Waals surface area contributed by atoms with Crippen LogP contribution in [0.15, 0.2) is 11.6 Å². The van der Waals surface area contributed by atoms with Crippen LogP contribution in [0.5, 0.6) is 0 Å². The van der Waals surface area contributed by atoms with Gasteiger partial charge in [-0.15, -0.1) is 0 Å². The van der Waals surface area contributed by atoms with Gasteiger partial charge in [-0.25, -0.2) is 0 Å². The quantitative estimate of drug-likeness (QED) is 0.524. The lowest BCUT2D eigenvalue weighted by Gasteiger charge is -2.16. The van der Waals surface area contributed by atoms with E-state index in [2.05, 4.69) is 25.2 Å². The van der Waals surface area contributed by atoms with Crippen LogP contribution in [0.4, 0.5) is 0 Å². The highest BCUT2D eigenvalue weighted by atomic mass is 14.8. The van der Waals surface area contributed by atoms with E-state index < -0.39 is 0 Å². The second-order valence-electron chi connectivity index (χ2n) is 2.89. The molecule has 0 aliphatic carbocycles. The summed E-state index contributed by atoms with van der Waals surface area (Å²) in [5.74, 6) is 0.757. The molecule has 0 unspecified atom stereocenters. The van der Waals surface area contributed by atoms with Crippen LogP contribution in [0, 0.1) is 5.92 Å². The molecule has 1 aliphatic rings. The van der Waals surface area contributed by atoms with Gasteiger partial charge in [-0.1, -0.05) is 25.5 Å². The standard InChI is InChI=1S/C8H15N/c1-7(2)8-3-5-9-6-4-8/h3,7,9H,4-6H2,1-2H3. The van der Waals surface area contributed by atoms with Gasteiger partial charge in [-0.3, -0.25) is 0 Å². The maximum absolute atomic E-state index is 3.29. The zero-order valence-corrected chi connectivity index (χ0v) is 6.28. The van der Waals surface area contributed by atoms with E-state index in [4.69, 9.17) is 0 Å². The van der Waals surface area contributed by atoms with Gasteiger partial charge in [0.25, 0.3) is 0 Å². The Hall–Kier alpha value is -0.300. The summed E-state index contributed by atoms with van der Waals surface area (Å²) in [6, 6.07) is 0. The van der Waals surface area contributed by atoms with Crippen LogP contribution < -0.4 is 5.32 Å². The fourth-order valence-corrected chi connectivity index (χ4v) is 1.16. The zero-order chi connectivity index (χ0) is 6.69. The molecule has 0 saturated heterocycles. The second-order valence-corrected chi connectivity index (χ2v) is 2.89. The predicted octanol–water partition coefficient (Wildman–Crippen LogP) is 1.56. The molecule has 1 heteroatoms. The normalized spacial score (nSPS) is 20.1. The molecule has 52 valence electrons. The fraction of sp³-hybridized carbons (Fsp3) is 0.750. The number of rotatable bonds is 1. The minimum atomic E-state index is 0.757. The van der Waals surface area contributed by atoms with Gasteiger partial charge in [-0.05, 0) is 18.9 Å². The Labute approximate surface area is 57.1 Å². The lowest BCUT2D eigenvalue weighted by Crippen LogP contribution is -2.21. The van der Waals surface area contributed by atoms with Crippen LogP contribution in [-0.2, 0) is 0 Å². The molecule has 0 fully saturated rings. The van der Waals surface area contributed by atoms with Gasteiger partial charge in [-0.2, -0.15) is 0 Å². The lowest BCUT2D eigenvalue weighted by atomic mass is 9.98. The van der Waals surface area contributed by atoms with E-state index >= 15 is 0 Å². The van der Waals surface area contributed by atoms with E-state index in [9.17, 15) is 0 Å². The third-order valence-corrected chi connectivity index (χ3v) is 1.84. The molecular weight excluding hydrogens is 110 g/mol. The van der Waals surface area contributed by atoms with Crippen molar-refractivity contribution in [3.05, 3.63) is 11.6 Å². The minimum absolute atomic E-state index is 0.757. The Morgan fingerprint density at radius 3 is 2.67 bits per heavy atom. The highest BCUT2D eigenvalue weighted by Gasteiger charge is 2.04. The second kappa shape index (κ2) is 3.02. The molecule has 0 saturated carbocycles. The number of hydrogen-bond acceptors (Lipinski definition) is 1. The molecule has 0 amide bonds. The van der Waals surface area contributed by atoms with Crippen molar-refractivity contribution in [2.24, 2.45) is 5.92 Å². The molecule has 0 radical (unpaired) electrons. The van der Waals surface area contributed by atoms with Crippen molar-refractivity contribution in [3.8, 4) is 0 Å². The van der Waals surface area contributed by atoms with Crippen LogP contribution in [0.25, 0.3) is 0 Å². The maximum atomic E-state index is 3.29. The molecule has 1 aliphatic heterocycles. The van der Waals surface area contributed by atoms with Gasteiger partial charge < -0.3 is 5.32 Å². The third kappa shape index (κ3) is 1.83. The maximum Gasteiger partial charge on any atom is 0.0137 e. The molecular formula is C8H15N.